The maximum Gasteiger partial charge on any atom is 0.253 e. The Morgan fingerprint density at radius 1 is 1.38 bits per heavy atom. The Morgan fingerprint density at radius 2 is 2.08 bits per heavy atom. The van der Waals surface area contributed by atoms with E-state index in [1.54, 1.807) is 4.57 Å². The molecule has 0 aliphatic rings. The van der Waals surface area contributed by atoms with Crippen LogP contribution in [0.15, 0.2) is 17.1 Å². The predicted octanol–water partition coefficient (Wildman–Crippen LogP) is 2.27. The van der Waals surface area contributed by atoms with Crippen LogP contribution < -0.4 is 5.56 Å². The van der Waals surface area contributed by atoms with E-state index in [4.69, 9.17) is 0 Å². The minimum Gasteiger partial charge on any atom is -0.315 e. The molecule has 0 amide bonds. The first kappa shape index (κ1) is 10.0. The quantitative estimate of drug-likeness (QED) is 0.697. The fourth-order valence-corrected chi connectivity index (χ4v) is 1.28. The van der Waals surface area contributed by atoms with Crippen LogP contribution in [0.25, 0.3) is 0 Å². The smallest absolute Gasteiger partial charge is 0.253 e. The molecule has 0 radical (unpaired) electrons. The van der Waals surface area contributed by atoms with Gasteiger partial charge in [0, 0.05) is 18.3 Å². The van der Waals surface area contributed by atoms with Crippen LogP contribution in [0.4, 0.5) is 0 Å². The third-order valence-corrected chi connectivity index (χ3v) is 2.43. The van der Waals surface area contributed by atoms with Gasteiger partial charge in [-0.2, -0.15) is 0 Å². The van der Waals surface area contributed by atoms with Crippen molar-refractivity contribution in [3.63, 3.8) is 0 Å². The number of pyridine rings is 1. The number of hydrogen-bond acceptors (Lipinski definition) is 1. The van der Waals surface area contributed by atoms with Gasteiger partial charge in [-0.05, 0) is 31.9 Å². The first-order valence-electron chi connectivity index (χ1n) is 4.83. The van der Waals surface area contributed by atoms with Gasteiger partial charge in [0.25, 0.3) is 5.56 Å². The average molecular weight is 179 g/mol. The van der Waals surface area contributed by atoms with Crippen molar-refractivity contribution in [1.82, 2.24) is 4.57 Å². The second kappa shape index (κ2) is 4.26. The first-order chi connectivity index (χ1) is 6.16. The fraction of sp³-hybridized carbons (Fsp3) is 0.545. The standard InChI is InChI=1S/C11H17NO/c1-4-5-7-12-8-6-9(2)10(3)11(12)13/h6,8H,4-5,7H2,1-3H3. The number of aryl methyl sites for hydroxylation is 2. The van der Waals surface area contributed by atoms with Crippen molar-refractivity contribution in [3.8, 4) is 0 Å². The highest BCUT2D eigenvalue weighted by Crippen LogP contribution is 2.00. The van der Waals surface area contributed by atoms with E-state index >= 15 is 0 Å². The summed E-state index contributed by atoms with van der Waals surface area (Å²) in [6.45, 7) is 6.84. The lowest BCUT2D eigenvalue weighted by Gasteiger charge is -2.06. The largest absolute Gasteiger partial charge is 0.315 e. The lowest BCUT2D eigenvalue weighted by molar-refractivity contribution is 0.609. The molecule has 0 N–H and O–H groups in total. The minimum atomic E-state index is 0.161. The molecule has 2 nitrogen and oxygen atoms in total. The van der Waals surface area contributed by atoms with Gasteiger partial charge in [0.1, 0.15) is 0 Å². The molecule has 1 heterocycles. The Balaban J connectivity index is 2.97. The molecular formula is C11H17NO. The van der Waals surface area contributed by atoms with Crippen molar-refractivity contribution in [1.29, 1.82) is 0 Å². The lowest BCUT2D eigenvalue weighted by atomic mass is 10.2. The second-order valence-corrected chi connectivity index (χ2v) is 3.48. The summed E-state index contributed by atoms with van der Waals surface area (Å²) in [5, 5.41) is 0. The highest BCUT2D eigenvalue weighted by atomic mass is 16.1. The molecule has 0 saturated heterocycles. The van der Waals surface area contributed by atoms with E-state index < -0.39 is 0 Å². The van der Waals surface area contributed by atoms with Gasteiger partial charge in [0.05, 0.1) is 0 Å². The van der Waals surface area contributed by atoms with Crippen LogP contribution in [0.1, 0.15) is 30.9 Å². The molecule has 0 unspecified atom stereocenters. The summed E-state index contributed by atoms with van der Waals surface area (Å²) < 4.78 is 1.80. The third-order valence-electron chi connectivity index (χ3n) is 2.43. The highest BCUT2D eigenvalue weighted by Gasteiger charge is 2.00. The monoisotopic (exact) mass is 179 g/mol. The SMILES string of the molecule is CCCCn1ccc(C)c(C)c1=O. The van der Waals surface area contributed by atoms with E-state index in [9.17, 15) is 4.79 Å². The van der Waals surface area contributed by atoms with Crippen molar-refractivity contribution >= 4 is 0 Å². The van der Waals surface area contributed by atoms with Crippen molar-refractivity contribution in [2.24, 2.45) is 0 Å². The average Bonchev–Trinajstić information content (AvgIpc) is 2.13. The van der Waals surface area contributed by atoms with Crippen LogP contribution >= 0.6 is 0 Å². The Bertz CT molecular complexity index is 338. The molecule has 1 aromatic heterocycles. The van der Waals surface area contributed by atoms with E-state index in [1.165, 1.54) is 0 Å². The lowest BCUT2D eigenvalue weighted by Crippen LogP contribution is -2.22. The van der Waals surface area contributed by atoms with Crippen LogP contribution in [0.2, 0.25) is 0 Å². The zero-order valence-electron chi connectivity index (χ0n) is 8.63. The van der Waals surface area contributed by atoms with Crippen LogP contribution in [0.3, 0.4) is 0 Å². The second-order valence-electron chi connectivity index (χ2n) is 3.48. The molecule has 0 bridgehead atoms. The van der Waals surface area contributed by atoms with Crippen molar-refractivity contribution in [2.75, 3.05) is 0 Å². The summed E-state index contributed by atoms with van der Waals surface area (Å²) in [7, 11) is 0. The predicted molar refractivity (Wildman–Crippen MR) is 55.1 cm³/mol. The molecule has 0 atom stereocenters. The zero-order valence-corrected chi connectivity index (χ0v) is 8.63. The van der Waals surface area contributed by atoms with Gasteiger partial charge in [-0.25, -0.2) is 0 Å². The zero-order chi connectivity index (χ0) is 9.84. The van der Waals surface area contributed by atoms with E-state index in [0.717, 1.165) is 30.5 Å². The summed E-state index contributed by atoms with van der Waals surface area (Å²) in [6, 6.07) is 2.01. The number of rotatable bonds is 3. The third kappa shape index (κ3) is 2.20. The summed E-state index contributed by atoms with van der Waals surface area (Å²) >= 11 is 0. The normalized spacial score (nSPS) is 10.4. The number of unbranched alkanes of at least 4 members (excludes halogenated alkanes) is 1. The van der Waals surface area contributed by atoms with E-state index in [2.05, 4.69) is 6.92 Å². The fourth-order valence-electron chi connectivity index (χ4n) is 1.28. The van der Waals surface area contributed by atoms with Gasteiger partial charge >= 0.3 is 0 Å². The number of nitrogens with zero attached hydrogens (tertiary/aromatic N) is 1. The van der Waals surface area contributed by atoms with E-state index in [-0.39, 0.29) is 5.56 Å². The Hall–Kier alpha value is -1.05. The molecule has 13 heavy (non-hydrogen) atoms. The minimum absolute atomic E-state index is 0.161. The molecule has 1 rings (SSSR count). The summed E-state index contributed by atoms with van der Waals surface area (Å²) in [6.07, 6.45) is 4.09. The summed E-state index contributed by atoms with van der Waals surface area (Å²) in [5.41, 5.74) is 2.12. The highest BCUT2D eigenvalue weighted by molar-refractivity contribution is 5.20. The molecule has 0 aliphatic carbocycles. The van der Waals surface area contributed by atoms with Gasteiger partial charge in [0.2, 0.25) is 0 Å². The molecule has 1 aromatic rings. The first-order valence-corrected chi connectivity index (χ1v) is 4.83. The topological polar surface area (TPSA) is 22.0 Å². The van der Waals surface area contributed by atoms with Crippen LogP contribution in [0, 0.1) is 13.8 Å². The molecular weight excluding hydrogens is 162 g/mol. The van der Waals surface area contributed by atoms with Crippen LogP contribution in [0.5, 0.6) is 0 Å². The number of aromatic nitrogens is 1. The van der Waals surface area contributed by atoms with Gasteiger partial charge in [-0.15, -0.1) is 0 Å². The summed E-state index contributed by atoms with van der Waals surface area (Å²) in [4.78, 5) is 11.7. The maximum atomic E-state index is 11.7. The molecule has 0 aliphatic heterocycles. The van der Waals surface area contributed by atoms with Crippen molar-refractivity contribution in [3.05, 3.63) is 33.7 Å². The Labute approximate surface area is 79.2 Å². The van der Waals surface area contributed by atoms with Crippen LogP contribution in [-0.2, 0) is 6.54 Å². The summed E-state index contributed by atoms with van der Waals surface area (Å²) in [5.74, 6) is 0. The molecule has 2 heteroatoms. The molecule has 0 fully saturated rings. The molecule has 72 valence electrons. The molecule has 0 aromatic carbocycles. The van der Waals surface area contributed by atoms with E-state index in [0.29, 0.717) is 0 Å². The number of hydrogen-bond donors (Lipinski definition) is 0. The Kier molecular flexibility index (Phi) is 3.29. The van der Waals surface area contributed by atoms with Gasteiger partial charge in [-0.3, -0.25) is 4.79 Å². The van der Waals surface area contributed by atoms with Crippen LogP contribution in [-0.4, -0.2) is 4.57 Å². The van der Waals surface area contributed by atoms with Gasteiger partial charge < -0.3 is 4.57 Å². The maximum absolute atomic E-state index is 11.7. The van der Waals surface area contributed by atoms with E-state index in [1.807, 2.05) is 26.1 Å². The Morgan fingerprint density at radius 3 is 2.69 bits per heavy atom. The van der Waals surface area contributed by atoms with Crippen molar-refractivity contribution < 1.29 is 0 Å². The molecule has 0 spiro atoms. The van der Waals surface area contributed by atoms with Crippen molar-refractivity contribution in [2.45, 2.75) is 40.2 Å². The van der Waals surface area contributed by atoms with Gasteiger partial charge in [-0.1, -0.05) is 13.3 Å². The van der Waals surface area contributed by atoms with Gasteiger partial charge in [0.15, 0.2) is 0 Å². The molecule has 0 saturated carbocycles.